The predicted molar refractivity (Wildman–Crippen MR) is 37.9 cm³/mol. The van der Waals surface area contributed by atoms with E-state index in [0.29, 0.717) is 0 Å². The molecule has 0 spiro atoms. The van der Waals surface area contributed by atoms with Gasteiger partial charge in [0, 0.05) is 14.2 Å². The van der Waals surface area contributed by atoms with Crippen molar-refractivity contribution in [3.05, 3.63) is 0 Å². The van der Waals surface area contributed by atoms with Gasteiger partial charge in [-0.1, -0.05) is 23.2 Å². The minimum atomic E-state index is -0.886. The van der Waals surface area contributed by atoms with Gasteiger partial charge in [0.2, 0.25) is 0 Å². The highest BCUT2D eigenvalue weighted by atomic mass is 35.5. The zero-order valence-electron chi connectivity index (χ0n) is 5.65. The number of methoxy groups -OCH3 is 2. The summed E-state index contributed by atoms with van der Waals surface area (Å²) in [6, 6.07) is 0. The highest BCUT2D eigenvalue weighted by molar-refractivity contribution is 6.45. The van der Waals surface area contributed by atoms with Crippen molar-refractivity contribution in [1.29, 1.82) is 0 Å². The van der Waals surface area contributed by atoms with Crippen molar-refractivity contribution in [3.63, 3.8) is 0 Å². The molecule has 0 aromatic heterocycles. The third kappa shape index (κ3) is 2.30. The summed E-state index contributed by atoms with van der Waals surface area (Å²) >= 11 is 11.0. The van der Waals surface area contributed by atoms with E-state index in [1.54, 1.807) is 6.92 Å². The normalized spacial score (nSPS) is 12.7. The Bertz CT molecular complexity index is 81.0. The molecular formula is C5H10Cl2O2. The lowest BCUT2D eigenvalue weighted by molar-refractivity contribution is -0.182. The van der Waals surface area contributed by atoms with Gasteiger partial charge >= 0.3 is 0 Å². The van der Waals surface area contributed by atoms with E-state index in [0.717, 1.165) is 0 Å². The Morgan fingerprint density at radius 2 is 1.56 bits per heavy atom. The van der Waals surface area contributed by atoms with Crippen LogP contribution in [-0.2, 0) is 9.47 Å². The van der Waals surface area contributed by atoms with Crippen molar-refractivity contribution < 1.29 is 9.47 Å². The zero-order chi connectivity index (χ0) is 7.49. The molecule has 0 amide bonds. The molecule has 0 aliphatic heterocycles. The standard InChI is InChI=1S/C5H10Cl2O2/c1-5(8-2,9-3)4(6)7/h4H,1-3H3. The van der Waals surface area contributed by atoms with E-state index in [1.807, 2.05) is 0 Å². The Balaban J connectivity index is 3.92. The predicted octanol–water partition coefficient (Wildman–Crippen LogP) is 1.80. The Kier molecular flexibility index (Phi) is 3.82. The highest BCUT2D eigenvalue weighted by Crippen LogP contribution is 2.23. The first-order valence-corrected chi connectivity index (χ1v) is 3.32. The first-order valence-electron chi connectivity index (χ1n) is 2.45. The van der Waals surface area contributed by atoms with Gasteiger partial charge in [0.05, 0.1) is 0 Å². The van der Waals surface area contributed by atoms with Crippen LogP contribution in [0, 0.1) is 0 Å². The molecule has 0 saturated carbocycles. The van der Waals surface area contributed by atoms with Crippen molar-refractivity contribution in [2.24, 2.45) is 0 Å². The number of ether oxygens (including phenoxy) is 2. The lowest BCUT2D eigenvalue weighted by Crippen LogP contribution is -2.36. The molecule has 0 unspecified atom stereocenters. The molecule has 4 heteroatoms. The van der Waals surface area contributed by atoms with Gasteiger partial charge in [-0.3, -0.25) is 0 Å². The van der Waals surface area contributed by atoms with Crippen molar-refractivity contribution in [2.45, 2.75) is 17.5 Å². The molecule has 0 aliphatic rings. The number of hydrogen-bond donors (Lipinski definition) is 0. The third-order valence-electron chi connectivity index (χ3n) is 1.21. The SMILES string of the molecule is COC(C)(OC)C(Cl)Cl. The summed E-state index contributed by atoms with van der Waals surface area (Å²) in [4.78, 5) is -0.674. The lowest BCUT2D eigenvalue weighted by Gasteiger charge is -2.26. The number of halogens is 2. The molecule has 0 radical (unpaired) electrons. The lowest BCUT2D eigenvalue weighted by atomic mass is 10.4. The number of hydrogen-bond acceptors (Lipinski definition) is 2. The first-order chi connectivity index (χ1) is 4.06. The van der Waals surface area contributed by atoms with Gasteiger partial charge in [-0.2, -0.15) is 0 Å². The van der Waals surface area contributed by atoms with Gasteiger partial charge in [0.1, 0.15) is 0 Å². The molecule has 0 aromatic rings. The molecule has 0 heterocycles. The molecule has 0 fully saturated rings. The molecule has 56 valence electrons. The van der Waals surface area contributed by atoms with E-state index >= 15 is 0 Å². The summed E-state index contributed by atoms with van der Waals surface area (Å²) in [5.74, 6) is -0.886. The van der Waals surface area contributed by atoms with Crippen LogP contribution in [0.25, 0.3) is 0 Å². The van der Waals surface area contributed by atoms with Crippen LogP contribution >= 0.6 is 23.2 Å². The molecule has 0 aliphatic carbocycles. The van der Waals surface area contributed by atoms with Crippen LogP contribution < -0.4 is 0 Å². The van der Waals surface area contributed by atoms with Gasteiger partial charge in [0.15, 0.2) is 10.6 Å². The summed E-state index contributed by atoms with van der Waals surface area (Å²) in [6.07, 6.45) is 0. The summed E-state index contributed by atoms with van der Waals surface area (Å²) < 4.78 is 9.72. The maximum atomic E-state index is 5.50. The monoisotopic (exact) mass is 172 g/mol. The van der Waals surface area contributed by atoms with E-state index in [1.165, 1.54) is 14.2 Å². The fourth-order valence-electron chi connectivity index (χ4n) is 0.262. The minimum absolute atomic E-state index is 0.674. The maximum absolute atomic E-state index is 5.50. The van der Waals surface area contributed by atoms with E-state index in [-0.39, 0.29) is 0 Å². The van der Waals surface area contributed by atoms with E-state index in [2.05, 4.69) is 0 Å². The van der Waals surface area contributed by atoms with Crippen LogP contribution in [0.1, 0.15) is 6.92 Å². The maximum Gasteiger partial charge on any atom is 0.195 e. The van der Waals surface area contributed by atoms with Crippen LogP contribution in [0.4, 0.5) is 0 Å². The topological polar surface area (TPSA) is 18.5 Å². The summed E-state index contributed by atoms with van der Waals surface area (Å²) in [5, 5.41) is 0. The van der Waals surface area contributed by atoms with Crippen LogP contribution in [0.3, 0.4) is 0 Å². The molecule has 0 N–H and O–H groups in total. The van der Waals surface area contributed by atoms with Gasteiger partial charge in [-0.15, -0.1) is 0 Å². The first kappa shape index (κ1) is 9.50. The molecule has 0 rings (SSSR count). The number of rotatable bonds is 3. The largest absolute Gasteiger partial charge is 0.351 e. The average molecular weight is 173 g/mol. The van der Waals surface area contributed by atoms with Crippen molar-refractivity contribution in [3.8, 4) is 0 Å². The van der Waals surface area contributed by atoms with Crippen molar-refractivity contribution >= 4 is 23.2 Å². The second-order valence-corrected chi connectivity index (χ2v) is 2.82. The van der Waals surface area contributed by atoms with Crippen molar-refractivity contribution in [2.75, 3.05) is 14.2 Å². The fourth-order valence-corrected chi connectivity index (χ4v) is 0.618. The molecule has 9 heavy (non-hydrogen) atoms. The minimum Gasteiger partial charge on any atom is -0.351 e. The molecule has 0 atom stereocenters. The molecule has 2 nitrogen and oxygen atoms in total. The Labute approximate surface area is 65.0 Å². The summed E-state index contributed by atoms with van der Waals surface area (Å²) in [6.45, 7) is 1.66. The van der Waals surface area contributed by atoms with Gasteiger partial charge < -0.3 is 9.47 Å². The fraction of sp³-hybridized carbons (Fsp3) is 1.00. The Hall–Kier alpha value is 0.500. The average Bonchev–Trinajstić information content (AvgIpc) is 1.86. The molecule has 0 saturated heterocycles. The Morgan fingerprint density at radius 1 is 1.22 bits per heavy atom. The molecular weight excluding hydrogens is 163 g/mol. The van der Waals surface area contributed by atoms with E-state index < -0.39 is 10.6 Å². The van der Waals surface area contributed by atoms with E-state index in [4.69, 9.17) is 32.7 Å². The Morgan fingerprint density at radius 3 is 1.56 bits per heavy atom. The van der Waals surface area contributed by atoms with Crippen LogP contribution in [0.15, 0.2) is 0 Å². The van der Waals surface area contributed by atoms with Crippen LogP contribution in [0.2, 0.25) is 0 Å². The van der Waals surface area contributed by atoms with Crippen LogP contribution in [-0.4, -0.2) is 24.8 Å². The highest BCUT2D eigenvalue weighted by Gasteiger charge is 2.30. The smallest absolute Gasteiger partial charge is 0.195 e. The second-order valence-electron chi connectivity index (χ2n) is 1.72. The van der Waals surface area contributed by atoms with Crippen LogP contribution in [0.5, 0.6) is 0 Å². The summed E-state index contributed by atoms with van der Waals surface area (Å²) in [5.41, 5.74) is 0. The van der Waals surface area contributed by atoms with Gasteiger partial charge in [-0.05, 0) is 6.92 Å². The number of alkyl halides is 2. The zero-order valence-corrected chi connectivity index (χ0v) is 7.16. The van der Waals surface area contributed by atoms with Crippen molar-refractivity contribution in [1.82, 2.24) is 0 Å². The van der Waals surface area contributed by atoms with E-state index in [9.17, 15) is 0 Å². The molecule has 0 bridgehead atoms. The molecule has 0 aromatic carbocycles. The third-order valence-corrected chi connectivity index (χ3v) is 2.00. The second kappa shape index (κ2) is 3.62. The van der Waals surface area contributed by atoms with Gasteiger partial charge in [-0.25, -0.2) is 0 Å². The quantitative estimate of drug-likeness (QED) is 0.478. The van der Waals surface area contributed by atoms with Gasteiger partial charge in [0.25, 0.3) is 0 Å². The summed E-state index contributed by atoms with van der Waals surface area (Å²) in [7, 11) is 2.97.